The van der Waals surface area contributed by atoms with Gasteiger partial charge in [0, 0.05) is 34.7 Å². The smallest absolute Gasteiger partial charge is 0.173 e. The van der Waals surface area contributed by atoms with E-state index in [2.05, 4.69) is 13.8 Å². The van der Waals surface area contributed by atoms with Crippen LogP contribution in [-0.2, 0) is 4.79 Å². The van der Waals surface area contributed by atoms with Gasteiger partial charge in [-0.25, -0.2) is 0 Å². The maximum atomic E-state index is 13.5. The molecule has 2 unspecified atom stereocenters. The largest absolute Gasteiger partial charge is 0.507 e. The number of aryl methyl sites for hydroxylation is 2. The molecule has 2 aliphatic carbocycles. The third-order valence-electron chi connectivity index (χ3n) is 6.71. The highest BCUT2D eigenvalue weighted by Gasteiger charge is 2.50. The summed E-state index contributed by atoms with van der Waals surface area (Å²) in [5.74, 6) is -0.485. The first-order valence-corrected chi connectivity index (χ1v) is 10.5. The fourth-order valence-corrected chi connectivity index (χ4v) is 5.41. The van der Waals surface area contributed by atoms with Crippen molar-refractivity contribution in [1.29, 1.82) is 0 Å². The molecule has 0 saturated carbocycles. The predicted molar refractivity (Wildman–Crippen MR) is 116 cm³/mol. The van der Waals surface area contributed by atoms with Crippen molar-refractivity contribution in [3.63, 3.8) is 0 Å². The number of fused-ring (bicyclic) bond motifs is 3. The van der Waals surface area contributed by atoms with E-state index in [4.69, 9.17) is 4.99 Å². The zero-order valence-electron chi connectivity index (χ0n) is 17.7. The van der Waals surface area contributed by atoms with Crippen LogP contribution in [0.25, 0.3) is 0 Å². The van der Waals surface area contributed by atoms with Crippen LogP contribution in [0.3, 0.4) is 0 Å². The van der Waals surface area contributed by atoms with Crippen molar-refractivity contribution in [3.8, 4) is 5.75 Å². The molecule has 1 N–H and O–H groups in total. The van der Waals surface area contributed by atoms with E-state index in [1.165, 1.54) is 0 Å². The molecule has 0 bridgehead atoms. The fraction of sp³-hybridized carbons (Fsp3) is 0.346. The maximum absolute atomic E-state index is 13.5. The Morgan fingerprint density at radius 2 is 1.60 bits per heavy atom. The Morgan fingerprint density at radius 3 is 2.27 bits per heavy atom. The molecule has 0 amide bonds. The quantitative estimate of drug-likeness (QED) is 0.730. The second-order valence-corrected chi connectivity index (χ2v) is 9.67. The Morgan fingerprint density at radius 1 is 0.967 bits per heavy atom. The van der Waals surface area contributed by atoms with Gasteiger partial charge in [0.25, 0.3) is 0 Å². The highest BCUT2D eigenvalue weighted by Crippen LogP contribution is 2.51. The summed E-state index contributed by atoms with van der Waals surface area (Å²) in [6, 6.07) is 11.5. The van der Waals surface area contributed by atoms with Crippen LogP contribution in [0.1, 0.15) is 65.2 Å². The molecular formula is C26H25NO3. The van der Waals surface area contributed by atoms with E-state index in [-0.39, 0.29) is 28.6 Å². The van der Waals surface area contributed by atoms with Crippen LogP contribution in [0, 0.1) is 25.2 Å². The molecule has 4 nitrogen and oxygen atoms in total. The Hall–Kier alpha value is -3.01. The van der Waals surface area contributed by atoms with Crippen LogP contribution in [0.5, 0.6) is 5.75 Å². The number of carbonyl (C=O) groups excluding carboxylic acids is 2. The van der Waals surface area contributed by atoms with E-state index in [0.29, 0.717) is 24.0 Å². The van der Waals surface area contributed by atoms with Gasteiger partial charge in [0.2, 0.25) is 0 Å². The van der Waals surface area contributed by atoms with Crippen molar-refractivity contribution in [2.24, 2.45) is 16.3 Å². The van der Waals surface area contributed by atoms with Crippen molar-refractivity contribution < 1.29 is 14.7 Å². The first-order valence-electron chi connectivity index (χ1n) is 10.5. The van der Waals surface area contributed by atoms with Gasteiger partial charge in [-0.2, -0.15) is 0 Å². The van der Waals surface area contributed by atoms with Crippen LogP contribution < -0.4 is 0 Å². The highest BCUT2D eigenvalue weighted by atomic mass is 16.3. The van der Waals surface area contributed by atoms with Crippen molar-refractivity contribution >= 4 is 17.3 Å². The van der Waals surface area contributed by atoms with Gasteiger partial charge in [-0.05, 0) is 42.4 Å². The number of hydrogen-bond acceptors (Lipinski definition) is 4. The molecule has 152 valence electrons. The predicted octanol–water partition coefficient (Wildman–Crippen LogP) is 5.05. The molecule has 0 radical (unpaired) electrons. The molecule has 0 spiro atoms. The average molecular weight is 399 g/mol. The lowest BCUT2D eigenvalue weighted by atomic mass is 9.66. The summed E-state index contributed by atoms with van der Waals surface area (Å²) in [6.45, 7) is 7.91. The monoisotopic (exact) mass is 399 g/mol. The Balaban J connectivity index is 1.79. The second-order valence-electron chi connectivity index (χ2n) is 9.67. The Bertz CT molecular complexity index is 1180. The molecule has 2 aromatic carbocycles. The van der Waals surface area contributed by atoms with Crippen LogP contribution in [-0.4, -0.2) is 22.4 Å². The van der Waals surface area contributed by atoms with Crippen LogP contribution in [0.15, 0.2) is 52.7 Å². The van der Waals surface area contributed by atoms with Gasteiger partial charge in [-0.15, -0.1) is 0 Å². The minimum Gasteiger partial charge on any atom is -0.507 e. The number of phenolic OH excluding ortho intramolecular Hbond substituents is 1. The number of ketones is 2. The summed E-state index contributed by atoms with van der Waals surface area (Å²) in [5.41, 5.74) is 6.12. The summed E-state index contributed by atoms with van der Waals surface area (Å²) in [6.07, 6.45) is 1.17. The van der Waals surface area contributed by atoms with E-state index < -0.39 is 5.92 Å². The summed E-state index contributed by atoms with van der Waals surface area (Å²) >= 11 is 0. The van der Waals surface area contributed by atoms with Crippen LogP contribution in [0.2, 0.25) is 0 Å². The van der Waals surface area contributed by atoms with Crippen LogP contribution >= 0.6 is 0 Å². The Kier molecular flexibility index (Phi) is 3.95. The molecule has 0 fully saturated rings. The minimum absolute atomic E-state index is 0.0296. The normalized spacial score (nSPS) is 24.3. The standard InChI is InChI=1S/C26H25NO3/c1-13-9-15(10-14(2)24(13)29)20-21-18(11-26(3,4)12-19(21)28)27-23-16-7-5-6-8-17(16)25(30)22(20)23/h5-10,20,22,29H,11-12H2,1-4H3. The molecule has 1 aliphatic heterocycles. The van der Waals surface area contributed by atoms with Crippen molar-refractivity contribution in [1.82, 2.24) is 0 Å². The number of benzene rings is 2. The molecule has 4 heteroatoms. The van der Waals surface area contributed by atoms with Crippen molar-refractivity contribution in [3.05, 3.63) is 75.5 Å². The second kappa shape index (κ2) is 6.24. The molecule has 0 aromatic heterocycles. The van der Waals surface area contributed by atoms with E-state index in [1.54, 1.807) is 0 Å². The third kappa shape index (κ3) is 2.63. The number of phenols is 1. The maximum Gasteiger partial charge on any atom is 0.173 e. The number of carbonyl (C=O) groups is 2. The summed E-state index contributed by atoms with van der Waals surface area (Å²) in [4.78, 5) is 31.8. The number of hydrogen-bond donors (Lipinski definition) is 1. The molecule has 1 heterocycles. The van der Waals surface area contributed by atoms with Crippen molar-refractivity contribution in [2.45, 2.75) is 46.5 Å². The van der Waals surface area contributed by atoms with Gasteiger partial charge >= 0.3 is 0 Å². The number of Topliss-reactive ketones (excluding diaryl/α,β-unsaturated/α-hetero) is 2. The van der Waals surface area contributed by atoms with E-state index in [1.807, 2.05) is 50.2 Å². The van der Waals surface area contributed by atoms with Crippen LogP contribution in [0.4, 0.5) is 0 Å². The zero-order valence-corrected chi connectivity index (χ0v) is 17.7. The lowest BCUT2D eigenvalue weighted by Gasteiger charge is -2.38. The zero-order chi connectivity index (χ0) is 21.4. The molecular weight excluding hydrogens is 374 g/mol. The number of aliphatic imine (C=N–C) groups is 1. The first kappa shape index (κ1) is 19.0. The number of aromatic hydroxyl groups is 1. The Labute approximate surface area is 176 Å². The molecule has 2 aromatic rings. The van der Waals surface area contributed by atoms with Gasteiger partial charge < -0.3 is 5.11 Å². The molecule has 5 rings (SSSR count). The topological polar surface area (TPSA) is 66.7 Å². The summed E-state index contributed by atoms with van der Waals surface area (Å²) < 4.78 is 0. The SMILES string of the molecule is Cc1cc(C2C3=C(CC(C)(C)CC3=O)N=C3c4ccccc4C(=O)C32)cc(C)c1O. The molecule has 3 aliphatic rings. The minimum atomic E-state index is -0.491. The number of nitrogens with zero attached hydrogens (tertiary/aromatic N) is 1. The first-order chi connectivity index (χ1) is 14.2. The lowest BCUT2D eigenvalue weighted by Crippen LogP contribution is -2.37. The van der Waals surface area contributed by atoms with E-state index >= 15 is 0 Å². The molecule has 0 saturated heterocycles. The van der Waals surface area contributed by atoms with E-state index in [0.717, 1.165) is 33.7 Å². The summed E-state index contributed by atoms with van der Waals surface area (Å²) in [5, 5.41) is 10.3. The lowest BCUT2D eigenvalue weighted by molar-refractivity contribution is -0.118. The number of rotatable bonds is 1. The fourth-order valence-electron chi connectivity index (χ4n) is 5.41. The average Bonchev–Trinajstić information content (AvgIpc) is 2.96. The third-order valence-corrected chi connectivity index (χ3v) is 6.71. The van der Waals surface area contributed by atoms with E-state index in [9.17, 15) is 14.7 Å². The highest BCUT2D eigenvalue weighted by molar-refractivity contribution is 6.30. The van der Waals surface area contributed by atoms with Gasteiger partial charge in [0.1, 0.15) is 5.75 Å². The molecule has 2 atom stereocenters. The molecule has 30 heavy (non-hydrogen) atoms. The van der Waals surface area contributed by atoms with Gasteiger partial charge in [0.15, 0.2) is 11.6 Å². The van der Waals surface area contributed by atoms with Gasteiger partial charge in [-0.3, -0.25) is 14.6 Å². The number of allylic oxidation sites excluding steroid dienone is 2. The van der Waals surface area contributed by atoms with Gasteiger partial charge in [0.05, 0.1) is 11.6 Å². The van der Waals surface area contributed by atoms with Gasteiger partial charge in [-0.1, -0.05) is 50.2 Å². The van der Waals surface area contributed by atoms with Crippen molar-refractivity contribution in [2.75, 3.05) is 0 Å². The summed E-state index contributed by atoms with van der Waals surface area (Å²) in [7, 11) is 0.